The summed E-state index contributed by atoms with van der Waals surface area (Å²) >= 11 is 6.18. The van der Waals surface area contributed by atoms with Crippen LogP contribution in [0.25, 0.3) is 0 Å². The van der Waals surface area contributed by atoms with Gasteiger partial charge in [0.15, 0.2) is 5.78 Å². The van der Waals surface area contributed by atoms with Gasteiger partial charge in [-0.25, -0.2) is 4.98 Å². The normalized spacial score (nSPS) is 29.0. The number of halogens is 1. The summed E-state index contributed by atoms with van der Waals surface area (Å²) in [7, 11) is 0. The molecule has 7 heteroatoms. The van der Waals surface area contributed by atoms with Gasteiger partial charge in [0.2, 0.25) is 0 Å². The zero-order valence-electron chi connectivity index (χ0n) is 13.1. The zero-order valence-corrected chi connectivity index (χ0v) is 13.9. The summed E-state index contributed by atoms with van der Waals surface area (Å²) < 4.78 is 0. The van der Waals surface area contributed by atoms with E-state index in [1.807, 2.05) is 12.1 Å². The van der Waals surface area contributed by atoms with Crippen LogP contribution in [0.3, 0.4) is 0 Å². The second-order valence-electron chi connectivity index (χ2n) is 6.94. The van der Waals surface area contributed by atoms with Crippen LogP contribution in [0.1, 0.15) is 35.8 Å². The molecular formula is C18H14ClN3O3. The lowest BCUT2D eigenvalue weighted by atomic mass is 9.87. The quantitative estimate of drug-likeness (QED) is 0.609. The van der Waals surface area contributed by atoms with Crippen LogP contribution < -0.4 is 4.90 Å². The monoisotopic (exact) mass is 355 g/mol. The number of piperidine rings is 1. The Morgan fingerprint density at radius 2 is 2.04 bits per heavy atom. The molecule has 2 aliphatic heterocycles. The van der Waals surface area contributed by atoms with Crippen molar-refractivity contribution in [2.45, 2.75) is 36.8 Å². The molecule has 0 N–H and O–H groups in total. The van der Waals surface area contributed by atoms with Crippen LogP contribution in [0.4, 0.5) is 11.5 Å². The molecule has 1 aliphatic carbocycles. The van der Waals surface area contributed by atoms with E-state index in [1.54, 1.807) is 6.07 Å². The van der Waals surface area contributed by atoms with Crippen LogP contribution in [0.15, 0.2) is 36.5 Å². The number of ketones is 1. The maximum atomic E-state index is 12.7. The third kappa shape index (κ3) is 1.97. The second-order valence-corrected chi connectivity index (χ2v) is 7.37. The van der Waals surface area contributed by atoms with Gasteiger partial charge < -0.3 is 4.90 Å². The lowest BCUT2D eigenvalue weighted by molar-refractivity contribution is -0.385. The first-order valence-corrected chi connectivity index (χ1v) is 8.63. The molecule has 2 fully saturated rings. The molecule has 126 valence electrons. The maximum absolute atomic E-state index is 12.7. The highest BCUT2D eigenvalue weighted by molar-refractivity contribution is 6.30. The lowest BCUT2D eigenvalue weighted by Crippen LogP contribution is -2.48. The molecule has 4 unspecified atom stereocenters. The van der Waals surface area contributed by atoms with E-state index in [0.29, 0.717) is 17.3 Å². The van der Waals surface area contributed by atoms with E-state index in [0.717, 1.165) is 6.42 Å². The standard InChI is InChI=1S/C18H14ClN3O3/c19-9-1-3-11-12(5-9)14-7-16(23)15-6-13(11)18(14)21(15)17-4-2-10(8-20-17)22(24)25/h1-5,8,13-15,18H,6-7H2. The number of carbonyl (C=O) groups excluding carboxylic acids is 1. The average molecular weight is 356 g/mol. The number of nitrogens with zero attached hydrogens (tertiary/aromatic N) is 3. The highest BCUT2D eigenvalue weighted by Crippen LogP contribution is 2.57. The molecule has 4 atom stereocenters. The molecule has 2 saturated heterocycles. The lowest BCUT2D eigenvalue weighted by Gasteiger charge is -2.38. The second kappa shape index (κ2) is 5.02. The van der Waals surface area contributed by atoms with Crippen molar-refractivity contribution in [3.05, 3.63) is 62.8 Å². The summed E-state index contributed by atoms with van der Waals surface area (Å²) in [6.45, 7) is 0. The van der Waals surface area contributed by atoms with Crippen molar-refractivity contribution in [1.82, 2.24) is 4.98 Å². The van der Waals surface area contributed by atoms with Crippen LogP contribution in [-0.2, 0) is 4.79 Å². The first kappa shape index (κ1) is 14.8. The van der Waals surface area contributed by atoms with Gasteiger partial charge in [-0.15, -0.1) is 0 Å². The minimum atomic E-state index is -0.464. The summed E-state index contributed by atoms with van der Waals surface area (Å²) in [6.07, 6.45) is 2.57. The minimum Gasteiger partial charge on any atom is -0.342 e. The number of rotatable bonds is 2. The Hall–Kier alpha value is -2.47. The molecule has 1 aromatic heterocycles. The number of nitro groups is 1. The van der Waals surface area contributed by atoms with E-state index in [9.17, 15) is 14.9 Å². The van der Waals surface area contributed by atoms with Gasteiger partial charge in [-0.3, -0.25) is 14.9 Å². The summed E-state index contributed by atoms with van der Waals surface area (Å²) in [5.74, 6) is 1.25. The molecule has 0 radical (unpaired) electrons. The first-order chi connectivity index (χ1) is 12.0. The molecule has 25 heavy (non-hydrogen) atoms. The number of fused-ring (bicyclic) bond motifs is 4. The number of Topliss-reactive ketones (excluding diaryl/α,β-unsaturated/α-hetero) is 1. The van der Waals surface area contributed by atoms with Crippen LogP contribution in [0, 0.1) is 10.1 Å². The molecule has 5 rings (SSSR count). The topological polar surface area (TPSA) is 76.3 Å². The highest BCUT2D eigenvalue weighted by Gasteiger charge is 2.57. The molecule has 0 spiro atoms. The number of hydrogen-bond donors (Lipinski definition) is 0. The molecule has 3 aliphatic rings. The largest absolute Gasteiger partial charge is 0.342 e. The van der Waals surface area contributed by atoms with Crippen LogP contribution >= 0.6 is 11.6 Å². The minimum absolute atomic E-state index is 0.0440. The fourth-order valence-corrected chi connectivity index (χ4v) is 5.07. The highest BCUT2D eigenvalue weighted by atomic mass is 35.5. The Morgan fingerprint density at radius 3 is 2.76 bits per heavy atom. The Bertz CT molecular complexity index is 914. The van der Waals surface area contributed by atoms with Gasteiger partial charge in [0.25, 0.3) is 5.69 Å². The van der Waals surface area contributed by atoms with Gasteiger partial charge in [0, 0.05) is 35.4 Å². The van der Waals surface area contributed by atoms with E-state index >= 15 is 0 Å². The molecular weight excluding hydrogens is 342 g/mol. The third-order valence-electron chi connectivity index (χ3n) is 5.81. The molecule has 2 bridgehead atoms. The number of benzene rings is 1. The molecule has 6 nitrogen and oxygen atoms in total. The van der Waals surface area contributed by atoms with Crippen LogP contribution in [0.2, 0.25) is 5.02 Å². The predicted octanol–water partition coefficient (Wildman–Crippen LogP) is 3.44. The maximum Gasteiger partial charge on any atom is 0.287 e. The van der Waals surface area contributed by atoms with Crippen molar-refractivity contribution >= 4 is 28.9 Å². The van der Waals surface area contributed by atoms with Gasteiger partial charge >= 0.3 is 0 Å². The van der Waals surface area contributed by atoms with Gasteiger partial charge in [0.05, 0.1) is 11.0 Å². The van der Waals surface area contributed by atoms with Gasteiger partial charge in [-0.2, -0.15) is 0 Å². The van der Waals surface area contributed by atoms with E-state index in [2.05, 4.69) is 16.0 Å². The van der Waals surface area contributed by atoms with Gasteiger partial charge in [0.1, 0.15) is 12.0 Å². The Balaban J connectivity index is 1.60. The predicted molar refractivity (Wildman–Crippen MR) is 92.1 cm³/mol. The Labute approximate surface area is 148 Å². The van der Waals surface area contributed by atoms with Crippen molar-refractivity contribution in [2.24, 2.45) is 0 Å². The van der Waals surface area contributed by atoms with E-state index in [4.69, 9.17) is 11.6 Å². The molecule has 3 heterocycles. The molecule has 1 aromatic carbocycles. The van der Waals surface area contributed by atoms with Crippen molar-refractivity contribution in [3.63, 3.8) is 0 Å². The van der Waals surface area contributed by atoms with Crippen LogP contribution in [-0.4, -0.2) is 27.8 Å². The zero-order chi connectivity index (χ0) is 17.3. The van der Waals surface area contributed by atoms with Crippen molar-refractivity contribution in [3.8, 4) is 0 Å². The van der Waals surface area contributed by atoms with Crippen LogP contribution in [0.5, 0.6) is 0 Å². The fourth-order valence-electron chi connectivity index (χ4n) is 4.89. The van der Waals surface area contributed by atoms with E-state index in [-0.39, 0.29) is 35.4 Å². The Kier molecular flexibility index (Phi) is 2.98. The van der Waals surface area contributed by atoms with Crippen molar-refractivity contribution < 1.29 is 9.72 Å². The first-order valence-electron chi connectivity index (χ1n) is 8.25. The van der Waals surface area contributed by atoms with Crippen molar-refractivity contribution in [2.75, 3.05) is 4.90 Å². The number of carbonyl (C=O) groups is 1. The smallest absolute Gasteiger partial charge is 0.287 e. The Morgan fingerprint density at radius 1 is 1.20 bits per heavy atom. The molecule has 0 amide bonds. The number of anilines is 1. The van der Waals surface area contributed by atoms with Crippen molar-refractivity contribution in [1.29, 1.82) is 0 Å². The summed E-state index contributed by atoms with van der Waals surface area (Å²) in [5, 5.41) is 11.5. The number of hydrogen-bond acceptors (Lipinski definition) is 5. The van der Waals surface area contributed by atoms with Gasteiger partial charge in [-0.05, 0) is 35.7 Å². The summed E-state index contributed by atoms with van der Waals surface area (Å²) in [5.41, 5.74) is 2.40. The number of pyridine rings is 1. The van der Waals surface area contributed by atoms with E-state index < -0.39 is 4.92 Å². The molecule has 2 aromatic rings. The van der Waals surface area contributed by atoms with E-state index in [1.165, 1.54) is 23.4 Å². The third-order valence-corrected chi connectivity index (χ3v) is 6.04. The SMILES string of the molecule is O=C1CC2c3cc(Cl)ccc3C3CC1N(c1ccc([N+](=O)[O-])cn1)C23. The molecule has 0 saturated carbocycles. The number of aromatic nitrogens is 1. The average Bonchev–Trinajstić information content (AvgIpc) is 3.06. The summed E-state index contributed by atoms with van der Waals surface area (Å²) in [6, 6.07) is 9.05. The fraction of sp³-hybridized carbons (Fsp3) is 0.333. The van der Waals surface area contributed by atoms with Gasteiger partial charge in [-0.1, -0.05) is 17.7 Å². The summed E-state index contributed by atoms with van der Waals surface area (Å²) in [4.78, 5) is 29.4.